The fourth-order valence-corrected chi connectivity index (χ4v) is 1.19. The molecule has 4 heteroatoms. The van der Waals surface area contributed by atoms with E-state index in [2.05, 4.69) is 23.2 Å². The van der Waals surface area contributed by atoms with Crippen molar-refractivity contribution in [3.63, 3.8) is 0 Å². The number of rotatable bonds is 1. The van der Waals surface area contributed by atoms with E-state index in [4.69, 9.17) is 0 Å². The molecular formula is C11H10Cl2IrN-. The second-order valence-corrected chi connectivity index (χ2v) is 2.64. The van der Waals surface area contributed by atoms with E-state index in [9.17, 15) is 0 Å². The van der Waals surface area contributed by atoms with Gasteiger partial charge in [0, 0.05) is 37.8 Å². The fourth-order valence-electron chi connectivity index (χ4n) is 1.19. The summed E-state index contributed by atoms with van der Waals surface area (Å²) in [5, 5.41) is 0. The minimum absolute atomic E-state index is 0. The molecule has 0 saturated carbocycles. The molecule has 1 N–H and O–H groups in total. The maximum atomic E-state index is 3.18. The number of hydrogen-bond donors (Lipinski definition) is 0. The molecule has 2 aromatic rings. The fraction of sp³-hybridized carbons (Fsp3) is 0. The van der Waals surface area contributed by atoms with Crippen LogP contribution in [-0.2, 0) is 20.1 Å². The molecule has 0 aliphatic heterocycles. The third-order valence-corrected chi connectivity index (χ3v) is 1.79. The Bertz CT molecular complexity index is 316. The van der Waals surface area contributed by atoms with Crippen molar-refractivity contribution in [3.8, 4) is 11.3 Å². The van der Waals surface area contributed by atoms with Gasteiger partial charge in [0.1, 0.15) is 0 Å². The summed E-state index contributed by atoms with van der Waals surface area (Å²) in [6.07, 6.45) is 1.93. The van der Waals surface area contributed by atoms with Gasteiger partial charge in [-0.1, -0.05) is 18.2 Å². The van der Waals surface area contributed by atoms with E-state index in [-0.39, 0.29) is 44.9 Å². The second kappa shape index (κ2) is 8.87. The molecule has 0 fully saturated rings. The second-order valence-electron chi connectivity index (χ2n) is 2.64. The number of H-pyrrole nitrogens is 1. The smallest absolute Gasteiger partial charge is 0.210 e. The van der Waals surface area contributed by atoms with Crippen LogP contribution in [0.5, 0.6) is 0 Å². The molecule has 1 heterocycles. The molecule has 0 saturated heterocycles. The van der Waals surface area contributed by atoms with Crippen molar-refractivity contribution in [2.45, 2.75) is 0 Å². The van der Waals surface area contributed by atoms with Crippen LogP contribution in [0.2, 0.25) is 0 Å². The first-order valence-corrected chi connectivity index (χ1v) is 3.99. The number of hydrogen-bond acceptors (Lipinski definition) is 0. The Labute approximate surface area is 115 Å². The largest absolute Gasteiger partial charge is 1.00 e. The van der Waals surface area contributed by atoms with Gasteiger partial charge in [-0.15, -0.1) is 0 Å². The zero-order valence-electron chi connectivity index (χ0n) is 7.79. The summed E-state index contributed by atoms with van der Waals surface area (Å²) < 4.78 is 0. The average molecular weight is 419 g/mol. The van der Waals surface area contributed by atoms with Crippen LogP contribution in [0.1, 0.15) is 0 Å². The Morgan fingerprint density at radius 1 is 0.733 bits per heavy atom. The number of halogens is 2. The molecule has 83 valence electrons. The van der Waals surface area contributed by atoms with E-state index in [1.165, 1.54) is 5.56 Å². The van der Waals surface area contributed by atoms with Gasteiger partial charge in [-0.3, -0.25) is 0 Å². The minimum atomic E-state index is 0. The van der Waals surface area contributed by atoms with E-state index in [0.717, 1.165) is 5.69 Å². The summed E-state index contributed by atoms with van der Waals surface area (Å²) in [7, 11) is 0. The SMILES string of the molecule is [Cl-].[Cl-].[Ir].c1ccc(-c2cccc[nH+]2)cc1. The first-order valence-electron chi connectivity index (χ1n) is 3.99. The van der Waals surface area contributed by atoms with E-state index < -0.39 is 0 Å². The predicted octanol–water partition coefficient (Wildman–Crippen LogP) is -3.83. The van der Waals surface area contributed by atoms with Gasteiger partial charge in [-0.25, -0.2) is 4.98 Å². The van der Waals surface area contributed by atoms with Crippen molar-refractivity contribution in [1.29, 1.82) is 0 Å². The van der Waals surface area contributed by atoms with Crippen LogP contribution in [0.15, 0.2) is 54.7 Å². The maximum absolute atomic E-state index is 3.18. The Morgan fingerprint density at radius 3 is 1.87 bits per heavy atom. The molecule has 1 radical (unpaired) electrons. The number of nitrogens with one attached hydrogen (secondary N) is 1. The van der Waals surface area contributed by atoms with E-state index >= 15 is 0 Å². The third kappa shape index (κ3) is 4.76. The molecular weight excluding hydrogens is 409 g/mol. The van der Waals surface area contributed by atoms with Crippen LogP contribution in [-0.4, -0.2) is 0 Å². The van der Waals surface area contributed by atoms with Crippen molar-refractivity contribution in [1.82, 2.24) is 0 Å². The van der Waals surface area contributed by atoms with Gasteiger partial charge in [-0.2, -0.15) is 0 Å². The average Bonchev–Trinajstić information content (AvgIpc) is 2.21. The number of benzene rings is 1. The van der Waals surface area contributed by atoms with Gasteiger partial charge >= 0.3 is 0 Å². The quantitative estimate of drug-likeness (QED) is 0.450. The summed E-state index contributed by atoms with van der Waals surface area (Å²) in [6.45, 7) is 0. The number of pyridine rings is 1. The van der Waals surface area contributed by atoms with Gasteiger partial charge in [0.2, 0.25) is 5.69 Å². The Kier molecular flexibility index (Phi) is 10.1. The molecule has 1 aromatic carbocycles. The van der Waals surface area contributed by atoms with Crippen molar-refractivity contribution >= 4 is 0 Å². The van der Waals surface area contributed by atoms with Crippen molar-refractivity contribution < 1.29 is 49.9 Å². The molecule has 15 heavy (non-hydrogen) atoms. The van der Waals surface area contributed by atoms with Gasteiger partial charge in [-0.05, 0) is 18.2 Å². The van der Waals surface area contributed by atoms with E-state index in [1.54, 1.807) is 0 Å². The van der Waals surface area contributed by atoms with E-state index in [1.807, 2.05) is 36.5 Å². The summed E-state index contributed by atoms with van der Waals surface area (Å²) in [5.74, 6) is 0. The predicted molar refractivity (Wildman–Crippen MR) is 48.4 cm³/mol. The Morgan fingerprint density at radius 2 is 1.33 bits per heavy atom. The van der Waals surface area contributed by atoms with Crippen molar-refractivity contribution in [3.05, 3.63) is 54.7 Å². The molecule has 1 nitrogen and oxygen atoms in total. The Balaban J connectivity index is 0. The normalized spacial score (nSPS) is 7.73. The van der Waals surface area contributed by atoms with Crippen molar-refractivity contribution in [2.75, 3.05) is 0 Å². The maximum Gasteiger partial charge on any atom is 0.210 e. The van der Waals surface area contributed by atoms with Gasteiger partial charge in [0.25, 0.3) is 0 Å². The zero-order chi connectivity index (χ0) is 8.23. The molecule has 0 atom stereocenters. The summed E-state index contributed by atoms with van der Waals surface area (Å²) in [4.78, 5) is 3.18. The molecule has 1 aromatic heterocycles. The van der Waals surface area contributed by atoms with Crippen LogP contribution in [0.25, 0.3) is 11.3 Å². The first-order chi connectivity index (χ1) is 5.97. The topological polar surface area (TPSA) is 14.1 Å². The third-order valence-electron chi connectivity index (χ3n) is 1.79. The minimum Gasteiger partial charge on any atom is -1.00 e. The van der Waals surface area contributed by atoms with Crippen molar-refractivity contribution in [2.24, 2.45) is 0 Å². The molecule has 2 rings (SSSR count). The van der Waals surface area contributed by atoms with Gasteiger partial charge in [0.15, 0.2) is 6.20 Å². The molecule has 0 aliphatic carbocycles. The number of aromatic amines is 1. The monoisotopic (exact) mass is 419 g/mol. The molecule has 0 unspecified atom stereocenters. The first kappa shape index (κ1) is 17.0. The van der Waals surface area contributed by atoms with E-state index in [0.29, 0.717) is 0 Å². The van der Waals surface area contributed by atoms with Crippen LogP contribution in [0.3, 0.4) is 0 Å². The van der Waals surface area contributed by atoms with Crippen LogP contribution in [0, 0.1) is 0 Å². The van der Waals surface area contributed by atoms with Gasteiger partial charge in [0.05, 0.1) is 0 Å². The van der Waals surface area contributed by atoms with Crippen LogP contribution in [0.4, 0.5) is 0 Å². The molecule has 0 spiro atoms. The van der Waals surface area contributed by atoms with Gasteiger partial charge < -0.3 is 24.8 Å². The number of aromatic nitrogens is 1. The Hall–Kier alpha value is -0.401. The summed E-state index contributed by atoms with van der Waals surface area (Å²) in [6, 6.07) is 16.3. The standard InChI is InChI=1S/C11H9N.2ClH.Ir/c1-2-6-10(7-3-1)11-8-4-5-9-12-11;;;/h1-9H;2*1H;/p-1. The molecule has 0 aliphatic rings. The van der Waals surface area contributed by atoms with Crippen LogP contribution < -0.4 is 29.8 Å². The van der Waals surface area contributed by atoms with Crippen LogP contribution >= 0.6 is 0 Å². The molecule has 0 amide bonds. The summed E-state index contributed by atoms with van der Waals surface area (Å²) >= 11 is 0. The zero-order valence-corrected chi connectivity index (χ0v) is 11.7. The summed E-state index contributed by atoms with van der Waals surface area (Å²) in [5.41, 5.74) is 2.37. The molecule has 0 bridgehead atoms.